The molecule has 1 aromatic heterocycles. The van der Waals surface area contributed by atoms with E-state index in [-0.39, 0.29) is 18.7 Å². The van der Waals surface area contributed by atoms with Gasteiger partial charge in [-0.2, -0.15) is 5.10 Å². The van der Waals surface area contributed by atoms with Crippen LogP contribution in [0.4, 0.5) is 5.69 Å². The SMILES string of the molecule is CCOC(=O)C1=NN(c2ccccc2)C(C(=O)NNC(=O)c2cc(C)oc2C)C1. The van der Waals surface area contributed by atoms with E-state index in [1.165, 1.54) is 5.01 Å². The molecule has 2 N–H and O–H groups in total. The van der Waals surface area contributed by atoms with Gasteiger partial charge in [0.2, 0.25) is 0 Å². The monoisotopic (exact) mass is 398 g/mol. The average Bonchev–Trinajstić information content (AvgIpc) is 3.30. The molecule has 3 rings (SSSR count). The summed E-state index contributed by atoms with van der Waals surface area (Å²) in [6.07, 6.45) is 0.0548. The van der Waals surface area contributed by atoms with Crippen molar-refractivity contribution in [1.82, 2.24) is 10.9 Å². The van der Waals surface area contributed by atoms with Gasteiger partial charge in [-0.25, -0.2) is 4.79 Å². The van der Waals surface area contributed by atoms with Crippen LogP contribution in [-0.2, 0) is 14.3 Å². The van der Waals surface area contributed by atoms with Crippen molar-refractivity contribution in [2.45, 2.75) is 33.2 Å². The van der Waals surface area contributed by atoms with Crippen LogP contribution in [0.25, 0.3) is 0 Å². The van der Waals surface area contributed by atoms with Crippen molar-refractivity contribution in [3.63, 3.8) is 0 Å². The minimum Gasteiger partial charge on any atom is -0.466 e. The van der Waals surface area contributed by atoms with E-state index in [1.807, 2.05) is 6.07 Å². The van der Waals surface area contributed by atoms with Crippen LogP contribution >= 0.6 is 0 Å². The van der Waals surface area contributed by atoms with Crippen molar-refractivity contribution in [2.24, 2.45) is 5.10 Å². The molecule has 1 atom stereocenters. The van der Waals surface area contributed by atoms with Crippen LogP contribution in [0.15, 0.2) is 45.9 Å². The first-order valence-corrected chi connectivity index (χ1v) is 9.16. The Bertz CT molecular complexity index is 951. The van der Waals surface area contributed by atoms with Gasteiger partial charge in [0.05, 0.1) is 17.9 Å². The Morgan fingerprint density at radius 2 is 1.93 bits per heavy atom. The van der Waals surface area contributed by atoms with Crippen molar-refractivity contribution >= 4 is 29.2 Å². The van der Waals surface area contributed by atoms with Gasteiger partial charge >= 0.3 is 5.97 Å². The van der Waals surface area contributed by atoms with E-state index in [2.05, 4.69) is 16.0 Å². The Morgan fingerprint density at radius 1 is 1.21 bits per heavy atom. The molecule has 0 saturated heterocycles. The fourth-order valence-electron chi connectivity index (χ4n) is 3.00. The topological polar surface area (TPSA) is 113 Å². The second-order valence-electron chi connectivity index (χ2n) is 6.44. The smallest absolute Gasteiger partial charge is 0.354 e. The summed E-state index contributed by atoms with van der Waals surface area (Å²) in [5, 5.41) is 5.71. The van der Waals surface area contributed by atoms with Crippen LogP contribution in [0.3, 0.4) is 0 Å². The van der Waals surface area contributed by atoms with Gasteiger partial charge < -0.3 is 9.15 Å². The number of anilines is 1. The number of esters is 1. The third kappa shape index (κ3) is 4.45. The molecule has 0 radical (unpaired) electrons. The third-order valence-corrected chi connectivity index (χ3v) is 4.33. The predicted octanol–water partition coefficient (Wildman–Crippen LogP) is 1.86. The molecule has 0 aliphatic carbocycles. The zero-order valence-electron chi connectivity index (χ0n) is 16.4. The van der Waals surface area contributed by atoms with E-state index in [1.54, 1.807) is 51.1 Å². The molecule has 0 spiro atoms. The van der Waals surface area contributed by atoms with Crippen LogP contribution in [-0.4, -0.2) is 36.1 Å². The molecule has 2 amide bonds. The van der Waals surface area contributed by atoms with Crippen molar-refractivity contribution in [3.05, 3.63) is 53.5 Å². The normalized spacial score (nSPS) is 15.6. The lowest BCUT2D eigenvalue weighted by atomic mass is 10.1. The zero-order valence-corrected chi connectivity index (χ0v) is 16.4. The van der Waals surface area contributed by atoms with Crippen molar-refractivity contribution in [1.29, 1.82) is 0 Å². The van der Waals surface area contributed by atoms with E-state index >= 15 is 0 Å². The molecule has 2 aromatic rings. The molecule has 1 aromatic carbocycles. The maximum atomic E-state index is 12.8. The molecule has 1 aliphatic heterocycles. The van der Waals surface area contributed by atoms with E-state index in [4.69, 9.17) is 9.15 Å². The number of hydrazine groups is 1. The summed E-state index contributed by atoms with van der Waals surface area (Å²) in [5.41, 5.74) is 5.89. The van der Waals surface area contributed by atoms with Gasteiger partial charge in [0.15, 0.2) is 0 Å². The van der Waals surface area contributed by atoms with E-state index in [9.17, 15) is 14.4 Å². The number of amides is 2. The first-order valence-electron chi connectivity index (χ1n) is 9.16. The number of carbonyl (C=O) groups is 3. The number of ether oxygens (including phenoxy) is 1. The summed E-state index contributed by atoms with van der Waals surface area (Å²) in [4.78, 5) is 37.2. The Balaban J connectivity index is 1.73. The Kier molecular flexibility index (Phi) is 5.96. The number of nitrogens with zero attached hydrogens (tertiary/aromatic N) is 2. The van der Waals surface area contributed by atoms with Crippen LogP contribution in [0.5, 0.6) is 0 Å². The summed E-state index contributed by atoms with van der Waals surface area (Å²) >= 11 is 0. The number of benzene rings is 1. The number of furan rings is 1. The molecule has 152 valence electrons. The average molecular weight is 398 g/mol. The highest BCUT2D eigenvalue weighted by atomic mass is 16.5. The van der Waals surface area contributed by atoms with Crippen LogP contribution in [0.2, 0.25) is 0 Å². The van der Waals surface area contributed by atoms with Crippen LogP contribution < -0.4 is 15.9 Å². The summed E-state index contributed by atoms with van der Waals surface area (Å²) in [6, 6.07) is 9.75. The molecule has 0 bridgehead atoms. The van der Waals surface area contributed by atoms with Crippen molar-refractivity contribution in [3.8, 4) is 0 Å². The Labute approximate surface area is 167 Å². The number of hydrazone groups is 1. The highest BCUT2D eigenvalue weighted by molar-refractivity contribution is 6.38. The molecule has 0 fully saturated rings. The molecule has 1 aliphatic rings. The second kappa shape index (κ2) is 8.59. The highest BCUT2D eigenvalue weighted by Gasteiger charge is 2.37. The lowest BCUT2D eigenvalue weighted by Crippen LogP contribution is -2.50. The van der Waals surface area contributed by atoms with E-state index < -0.39 is 23.8 Å². The number of hydrogen-bond acceptors (Lipinski definition) is 7. The minimum absolute atomic E-state index is 0.0548. The Morgan fingerprint density at radius 3 is 2.55 bits per heavy atom. The Hall–Kier alpha value is -3.62. The number of carbonyl (C=O) groups excluding carboxylic acids is 3. The van der Waals surface area contributed by atoms with Crippen molar-refractivity contribution in [2.75, 3.05) is 11.6 Å². The number of rotatable bonds is 5. The number of para-hydroxylation sites is 1. The summed E-state index contributed by atoms with van der Waals surface area (Å²) in [6.45, 7) is 5.30. The largest absolute Gasteiger partial charge is 0.466 e. The van der Waals surface area contributed by atoms with Crippen LogP contribution in [0, 0.1) is 13.8 Å². The maximum absolute atomic E-state index is 12.8. The molecular weight excluding hydrogens is 376 g/mol. The number of hydrogen-bond donors (Lipinski definition) is 2. The second-order valence-corrected chi connectivity index (χ2v) is 6.44. The first kappa shape index (κ1) is 20.1. The fraction of sp³-hybridized carbons (Fsp3) is 0.300. The third-order valence-electron chi connectivity index (χ3n) is 4.33. The molecule has 1 unspecified atom stereocenters. The minimum atomic E-state index is -0.815. The van der Waals surface area contributed by atoms with Crippen molar-refractivity contribution < 1.29 is 23.5 Å². The predicted molar refractivity (Wildman–Crippen MR) is 105 cm³/mol. The lowest BCUT2D eigenvalue weighted by Gasteiger charge is -2.22. The highest BCUT2D eigenvalue weighted by Crippen LogP contribution is 2.25. The molecule has 2 heterocycles. The van der Waals surface area contributed by atoms with Gasteiger partial charge in [0, 0.05) is 6.42 Å². The quantitative estimate of drug-likeness (QED) is 0.587. The summed E-state index contributed by atoms with van der Waals surface area (Å²) < 4.78 is 10.3. The molecule has 29 heavy (non-hydrogen) atoms. The number of aryl methyl sites for hydroxylation is 2. The van der Waals surface area contributed by atoms with Gasteiger partial charge in [-0.1, -0.05) is 18.2 Å². The van der Waals surface area contributed by atoms with Gasteiger partial charge in [0.25, 0.3) is 11.8 Å². The van der Waals surface area contributed by atoms with Gasteiger partial charge in [-0.3, -0.25) is 25.4 Å². The molecular formula is C20H22N4O5. The standard InChI is InChI=1S/C20H22N4O5/c1-4-28-20(27)16-11-17(24(23-16)14-8-6-5-7-9-14)19(26)22-21-18(25)15-10-12(2)29-13(15)3/h5-10,17H,4,11H2,1-3H3,(H,21,25)(H,22,26). The van der Waals surface area contributed by atoms with Gasteiger partial charge in [-0.15, -0.1) is 0 Å². The van der Waals surface area contributed by atoms with Gasteiger partial charge in [-0.05, 0) is 39.0 Å². The fourth-order valence-corrected chi connectivity index (χ4v) is 3.00. The zero-order chi connectivity index (χ0) is 21.0. The summed E-state index contributed by atoms with van der Waals surface area (Å²) in [7, 11) is 0. The first-order chi connectivity index (χ1) is 13.9. The maximum Gasteiger partial charge on any atom is 0.354 e. The molecule has 9 heteroatoms. The van der Waals surface area contributed by atoms with E-state index in [0.717, 1.165) is 0 Å². The summed E-state index contributed by atoms with van der Waals surface area (Å²) in [5.74, 6) is -0.532. The molecule has 9 nitrogen and oxygen atoms in total. The number of nitrogens with one attached hydrogen (secondary N) is 2. The van der Waals surface area contributed by atoms with Gasteiger partial charge in [0.1, 0.15) is 23.3 Å². The van der Waals surface area contributed by atoms with Crippen LogP contribution in [0.1, 0.15) is 35.2 Å². The molecule has 0 saturated carbocycles. The lowest BCUT2D eigenvalue weighted by molar-refractivity contribution is -0.135. The van der Waals surface area contributed by atoms with E-state index in [0.29, 0.717) is 22.8 Å².